The first kappa shape index (κ1) is 13.0. The van der Waals surface area contributed by atoms with Crippen molar-refractivity contribution < 1.29 is 9.53 Å². The highest BCUT2D eigenvalue weighted by Gasteiger charge is 2.24. The molecule has 0 amide bonds. The second-order valence-electron chi connectivity index (χ2n) is 3.96. The molecule has 0 spiro atoms. The van der Waals surface area contributed by atoms with E-state index in [1.54, 1.807) is 4.57 Å². The number of hydrogen-bond donors (Lipinski definition) is 0. The lowest BCUT2D eigenvalue weighted by molar-refractivity contribution is -0.145. The molecule has 1 rings (SSSR count). The molecule has 0 N–H and O–H groups in total. The maximum Gasteiger partial charge on any atom is 0.328 e. The molecular formula is C10H16ClN3O2. The Morgan fingerprint density at radius 2 is 2.31 bits per heavy atom. The molecule has 0 aliphatic rings. The number of halogens is 1. The van der Waals surface area contributed by atoms with E-state index in [2.05, 4.69) is 10.2 Å². The van der Waals surface area contributed by atoms with E-state index in [4.69, 9.17) is 16.3 Å². The van der Waals surface area contributed by atoms with Gasteiger partial charge in [-0.3, -0.25) is 0 Å². The van der Waals surface area contributed by atoms with E-state index in [-0.39, 0.29) is 11.8 Å². The lowest BCUT2D eigenvalue weighted by atomic mass is 10.0. The van der Waals surface area contributed by atoms with Crippen LogP contribution in [-0.2, 0) is 15.4 Å². The number of carbonyl (C=O) groups excluding carboxylic acids is 1. The molecule has 0 aliphatic carbocycles. The summed E-state index contributed by atoms with van der Waals surface area (Å²) in [5.74, 6) is 0.887. The molecule has 1 aromatic rings. The molecule has 0 fully saturated rings. The molecule has 0 bridgehead atoms. The minimum atomic E-state index is -0.395. The van der Waals surface area contributed by atoms with Crippen molar-refractivity contribution in [1.82, 2.24) is 14.8 Å². The second kappa shape index (κ2) is 5.84. The molecule has 0 saturated heterocycles. The van der Waals surface area contributed by atoms with Crippen molar-refractivity contribution in [1.29, 1.82) is 0 Å². The molecule has 1 aromatic heterocycles. The zero-order valence-electron chi connectivity index (χ0n) is 9.68. The van der Waals surface area contributed by atoms with Crippen molar-refractivity contribution in [3.63, 3.8) is 0 Å². The maximum absolute atomic E-state index is 11.7. The first-order valence-electron chi connectivity index (χ1n) is 5.12. The average molecular weight is 246 g/mol. The summed E-state index contributed by atoms with van der Waals surface area (Å²) in [5, 5.41) is 7.61. The SMILES string of the molecule is COC(=O)C(CC(C)C)n1cnnc1CCl. The fourth-order valence-corrected chi connectivity index (χ4v) is 1.72. The molecule has 6 heteroatoms. The number of esters is 1. The Labute approximate surface area is 99.8 Å². The summed E-state index contributed by atoms with van der Waals surface area (Å²) >= 11 is 5.73. The van der Waals surface area contributed by atoms with Gasteiger partial charge in [0.1, 0.15) is 18.2 Å². The van der Waals surface area contributed by atoms with Crippen molar-refractivity contribution in [2.45, 2.75) is 32.2 Å². The van der Waals surface area contributed by atoms with Gasteiger partial charge in [-0.2, -0.15) is 0 Å². The molecule has 1 atom stereocenters. The Bertz CT molecular complexity index is 352. The third-order valence-electron chi connectivity index (χ3n) is 2.27. The largest absolute Gasteiger partial charge is 0.467 e. The zero-order chi connectivity index (χ0) is 12.1. The molecule has 1 heterocycles. The summed E-state index contributed by atoms with van der Waals surface area (Å²) < 4.78 is 6.46. The highest BCUT2D eigenvalue weighted by Crippen LogP contribution is 2.20. The standard InChI is InChI=1S/C10H16ClN3O2/c1-7(2)4-8(10(15)16-3)14-6-12-13-9(14)5-11/h6-8H,4-5H2,1-3H3. The van der Waals surface area contributed by atoms with Crippen LogP contribution in [0.3, 0.4) is 0 Å². The van der Waals surface area contributed by atoms with Gasteiger partial charge in [0.25, 0.3) is 0 Å². The predicted molar refractivity (Wildman–Crippen MR) is 60.1 cm³/mol. The minimum absolute atomic E-state index is 0.228. The Balaban J connectivity index is 2.96. The van der Waals surface area contributed by atoms with Crippen molar-refractivity contribution >= 4 is 17.6 Å². The van der Waals surface area contributed by atoms with E-state index in [0.717, 1.165) is 0 Å². The van der Waals surface area contributed by atoms with E-state index in [1.807, 2.05) is 13.8 Å². The molecular weight excluding hydrogens is 230 g/mol. The summed E-state index contributed by atoms with van der Waals surface area (Å²) in [6, 6.07) is -0.395. The Morgan fingerprint density at radius 3 is 2.81 bits per heavy atom. The number of ether oxygens (including phenoxy) is 1. The quantitative estimate of drug-likeness (QED) is 0.586. The molecule has 0 radical (unpaired) electrons. The first-order valence-corrected chi connectivity index (χ1v) is 5.65. The van der Waals surface area contributed by atoms with Gasteiger partial charge in [0.15, 0.2) is 0 Å². The summed E-state index contributed by atoms with van der Waals surface area (Å²) in [6.07, 6.45) is 2.19. The van der Waals surface area contributed by atoms with E-state index in [0.29, 0.717) is 18.2 Å². The summed E-state index contributed by atoms with van der Waals surface area (Å²) in [4.78, 5) is 11.7. The Morgan fingerprint density at radius 1 is 1.62 bits per heavy atom. The Kier molecular flexibility index (Phi) is 4.73. The van der Waals surface area contributed by atoms with Crippen LogP contribution in [0.4, 0.5) is 0 Å². The van der Waals surface area contributed by atoms with Crippen LogP contribution >= 0.6 is 11.6 Å². The number of rotatable bonds is 5. The van der Waals surface area contributed by atoms with Gasteiger partial charge in [0, 0.05) is 0 Å². The third-order valence-corrected chi connectivity index (χ3v) is 2.51. The van der Waals surface area contributed by atoms with Gasteiger partial charge < -0.3 is 9.30 Å². The molecule has 0 saturated carbocycles. The van der Waals surface area contributed by atoms with Gasteiger partial charge >= 0.3 is 5.97 Å². The molecule has 16 heavy (non-hydrogen) atoms. The topological polar surface area (TPSA) is 57.0 Å². The highest BCUT2D eigenvalue weighted by molar-refractivity contribution is 6.16. The van der Waals surface area contributed by atoms with Gasteiger partial charge in [-0.25, -0.2) is 4.79 Å². The number of alkyl halides is 1. The van der Waals surface area contributed by atoms with Crippen molar-refractivity contribution in [3.05, 3.63) is 12.2 Å². The number of methoxy groups -OCH3 is 1. The van der Waals surface area contributed by atoms with E-state index < -0.39 is 6.04 Å². The number of carbonyl (C=O) groups is 1. The van der Waals surface area contributed by atoms with Crippen LogP contribution in [0.5, 0.6) is 0 Å². The second-order valence-corrected chi connectivity index (χ2v) is 4.22. The number of aromatic nitrogens is 3. The van der Waals surface area contributed by atoms with E-state index >= 15 is 0 Å². The van der Waals surface area contributed by atoms with E-state index in [1.165, 1.54) is 13.4 Å². The predicted octanol–water partition coefficient (Wildman–Crippen LogP) is 1.78. The molecule has 1 unspecified atom stereocenters. The van der Waals surface area contributed by atoms with Crippen LogP contribution in [0.25, 0.3) is 0 Å². The smallest absolute Gasteiger partial charge is 0.328 e. The van der Waals surface area contributed by atoms with Gasteiger partial charge in [-0.15, -0.1) is 21.8 Å². The molecule has 90 valence electrons. The van der Waals surface area contributed by atoms with Crippen molar-refractivity contribution in [2.75, 3.05) is 7.11 Å². The maximum atomic E-state index is 11.7. The van der Waals surface area contributed by atoms with E-state index in [9.17, 15) is 4.79 Å². The van der Waals surface area contributed by atoms with Crippen LogP contribution in [0.1, 0.15) is 32.1 Å². The Hall–Kier alpha value is -1.10. The first-order chi connectivity index (χ1) is 7.60. The van der Waals surface area contributed by atoms with Crippen molar-refractivity contribution in [2.24, 2.45) is 5.92 Å². The minimum Gasteiger partial charge on any atom is -0.467 e. The monoisotopic (exact) mass is 245 g/mol. The molecule has 5 nitrogen and oxygen atoms in total. The number of nitrogens with zero attached hydrogens (tertiary/aromatic N) is 3. The van der Waals surface area contributed by atoms with Crippen LogP contribution in [0.2, 0.25) is 0 Å². The van der Waals surface area contributed by atoms with Gasteiger partial charge in [0.2, 0.25) is 0 Å². The average Bonchev–Trinajstić information content (AvgIpc) is 2.72. The normalized spacial score (nSPS) is 12.8. The van der Waals surface area contributed by atoms with Crippen LogP contribution < -0.4 is 0 Å². The summed E-state index contributed by atoms with van der Waals surface area (Å²) in [7, 11) is 1.38. The number of hydrogen-bond acceptors (Lipinski definition) is 4. The van der Waals surface area contributed by atoms with Gasteiger partial charge in [-0.1, -0.05) is 13.8 Å². The van der Waals surface area contributed by atoms with Crippen molar-refractivity contribution in [3.8, 4) is 0 Å². The van der Waals surface area contributed by atoms with Crippen LogP contribution in [0.15, 0.2) is 6.33 Å². The molecule has 0 aliphatic heterocycles. The lowest BCUT2D eigenvalue weighted by Crippen LogP contribution is -2.23. The highest BCUT2D eigenvalue weighted by atomic mass is 35.5. The summed E-state index contributed by atoms with van der Waals surface area (Å²) in [5.41, 5.74) is 0. The summed E-state index contributed by atoms with van der Waals surface area (Å²) in [6.45, 7) is 4.08. The fraction of sp³-hybridized carbons (Fsp3) is 0.700. The van der Waals surface area contributed by atoms with Gasteiger partial charge in [0.05, 0.1) is 13.0 Å². The van der Waals surface area contributed by atoms with Crippen LogP contribution in [0, 0.1) is 5.92 Å². The van der Waals surface area contributed by atoms with Crippen LogP contribution in [-0.4, -0.2) is 27.8 Å². The zero-order valence-corrected chi connectivity index (χ0v) is 10.4. The fourth-order valence-electron chi connectivity index (χ4n) is 1.53. The van der Waals surface area contributed by atoms with Gasteiger partial charge in [-0.05, 0) is 12.3 Å². The lowest BCUT2D eigenvalue weighted by Gasteiger charge is -2.18. The third kappa shape index (κ3) is 2.95. The molecule has 0 aromatic carbocycles.